The smallest absolute Gasteiger partial charge is 0.272 e. The molecular weight excluding hydrogens is 336 g/mol. The number of aromatic nitrogens is 2. The van der Waals surface area contributed by atoms with Gasteiger partial charge in [-0.05, 0) is 29.4 Å². The van der Waals surface area contributed by atoms with Crippen LogP contribution in [0.4, 0.5) is 0 Å². The molecule has 0 fully saturated rings. The molecule has 3 N–H and O–H groups in total. The lowest BCUT2D eigenvalue weighted by atomic mass is 9.71. The number of halogens is 1. The molecule has 1 amide bonds. The van der Waals surface area contributed by atoms with Crippen molar-refractivity contribution in [2.24, 2.45) is 0 Å². The van der Waals surface area contributed by atoms with Gasteiger partial charge in [-0.3, -0.25) is 9.89 Å². The maximum atomic E-state index is 12.8. The Morgan fingerprint density at radius 2 is 2.12 bits per heavy atom. The van der Waals surface area contributed by atoms with Crippen LogP contribution in [-0.2, 0) is 18.4 Å². The van der Waals surface area contributed by atoms with Crippen molar-refractivity contribution in [3.8, 4) is 0 Å². The summed E-state index contributed by atoms with van der Waals surface area (Å²) in [6, 6.07) is 8.53. The summed E-state index contributed by atoms with van der Waals surface area (Å²) in [5.74, 6) is -0.0734. The number of aromatic amines is 1. The summed E-state index contributed by atoms with van der Waals surface area (Å²) in [6.45, 7) is 6.20. The van der Waals surface area contributed by atoms with Gasteiger partial charge in [-0.2, -0.15) is 5.10 Å². The minimum absolute atomic E-state index is 0. The van der Waals surface area contributed by atoms with Gasteiger partial charge in [0.05, 0.1) is 6.04 Å². The molecule has 1 unspecified atom stereocenters. The lowest BCUT2D eigenvalue weighted by Gasteiger charge is -2.37. The standard InChI is InChI=1S/C19H24N4O.ClH/c1-19(2)9-7-15(12-5-3-4-6-14(12)19)21-18(24)17-13-11-20-10-8-16(13)22-23-17;/h3-6,15,20H,7-11H2,1-2H3,(H,21,24)(H,22,23);1H. The summed E-state index contributed by atoms with van der Waals surface area (Å²) >= 11 is 0. The monoisotopic (exact) mass is 360 g/mol. The van der Waals surface area contributed by atoms with Crippen molar-refractivity contribution in [1.82, 2.24) is 20.8 Å². The lowest BCUT2D eigenvalue weighted by Crippen LogP contribution is -2.36. The number of carbonyl (C=O) groups is 1. The van der Waals surface area contributed by atoms with Crippen molar-refractivity contribution < 1.29 is 4.79 Å². The fourth-order valence-corrected chi connectivity index (χ4v) is 4.00. The van der Waals surface area contributed by atoms with Crippen LogP contribution in [-0.4, -0.2) is 22.6 Å². The third kappa shape index (κ3) is 3.18. The Hall–Kier alpha value is -1.85. The largest absolute Gasteiger partial charge is 0.344 e. The van der Waals surface area contributed by atoms with E-state index in [1.807, 2.05) is 0 Å². The van der Waals surface area contributed by atoms with Gasteiger partial charge in [-0.15, -0.1) is 12.4 Å². The van der Waals surface area contributed by atoms with Gasteiger partial charge in [0.15, 0.2) is 5.69 Å². The van der Waals surface area contributed by atoms with Crippen molar-refractivity contribution in [2.75, 3.05) is 6.54 Å². The fourth-order valence-electron chi connectivity index (χ4n) is 4.00. The summed E-state index contributed by atoms with van der Waals surface area (Å²) < 4.78 is 0. The van der Waals surface area contributed by atoms with Crippen LogP contribution in [0.2, 0.25) is 0 Å². The molecule has 0 saturated heterocycles. The van der Waals surface area contributed by atoms with Crippen LogP contribution in [0.15, 0.2) is 24.3 Å². The van der Waals surface area contributed by atoms with Crippen molar-refractivity contribution in [3.63, 3.8) is 0 Å². The van der Waals surface area contributed by atoms with Crippen molar-refractivity contribution in [2.45, 2.75) is 51.1 Å². The molecule has 0 saturated carbocycles. The maximum Gasteiger partial charge on any atom is 0.272 e. The van der Waals surface area contributed by atoms with Gasteiger partial charge >= 0.3 is 0 Å². The molecule has 0 bridgehead atoms. The minimum atomic E-state index is -0.0734. The molecule has 2 aromatic rings. The highest BCUT2D eigenvalue weighted by atomic mass is 35.5. The number of hydrogen-bond donors (Lipinski definition) is 3. The fraction of sp³-hybridized carbons (Fsp3) is 0.474. The Morgan fingerprint density at radius 3 is 2.96 bits per heavy atom. The third-order valence-corrected chi connectivity index (χ3v) is 5.45. The Kier molecular flexibility index (Phi) is 4.89. The molecular formula is C19H25ClN4O. The Balaban J connectivity index is 0.00000182. The Morgan fingerprint density at radius 1 is 1.32 bits per heavy atom. The summed E-state index contributed by atoms with van der Waals surface area (Å²) in [4.78, 5) is 12.8. The number of hydrogen-bond acceptors (Lipinski definition) is 3. The molecule has 5 nitrogen and oxygen atoms in total. The van der Waals surface area contributed by atoms with Gasteiger partial charge in [0, 0.05) is 30.8 Å². The van der Waals surface area contributed by atoms with Gasteiger partial charge in [0.1, 0.15) is 0 Å². The quantitative estimate of drug-likeness (QED) is 0.771. The minimum Gasteiger partial charge on any atom is -0.344 e. The SMILES string of the molecule is CC1(C)CCC(NC(=O)c2n[nH]c3c2CNCC3)c2ccccc21.Cl. The summed E-state index contributed by atoms with van der Waals surface area (Å²) in [5, 5.41) is 13.8. The normalized spacial score (nSPS) is 20.8. The number of carbonyl (C=O) groups excluding carboxylic acids is 1. The number of H-pyrrole nitrogens is 1. The highest BCUT2D eigenvalue weighted by Crippen LogP contribution is 2.41. The second kappa shape index (κ2) is 6.81. The molecule has 1 aromatic carbocycles. The molecule has 4 rings (SSSR count). The predicted octanol–water partition coefficient (Wildman–Crippen LogP) is 3.02. The summed E-state index contributed by atoms with van der Waals surface area (Å²) in [7, 11) is 0. The first-order chi connectivity index (χ1) is 11.6. The van der Waals surface area contributed by atoms with E-state index in [1.54, 1.807) is 0 Å². The van der Waals surface area contributed by atoms with Gasteiger partial charge < -0.3 is 10.6 Å². The first kappa shape index (κ1) is 18.0. The zero-order valence-corrected chi connectivity index (χ0v) is 15.5. The molecule has 1 atom stereocenters. The van der Waals surface area contributed by atoms with E-state index in [1.165, 1.54) is 11.1 Å². The molecule has 25 heavy (non-hydrogen) atoms. The average molecular weight is 361 g/mol. The number of amides is 1. The lowest BCUT2D eigenvalue weighted by molar-refractivity contribution is 0.0923. The van der Waals surface area contributed by atoms with Crippen molar-refractivity contribution in [3.05, 3.63) is 52.3 Å². The highest BCUT2D eigenvalue weighted by molar-refractivity contribution is 5.94. The van der Waals surface area contributed by atoms with E-state index < -0.39 is 0 Å². The molecule has 1 aliphatic carbocycles. The first-order valence-electron chi connectivity index (χ1n) is 8.73. The maximum absolute atomic E-state index is 12.8. The number of fused-ring (bicyclic) bond motifs is 2. The molecule has 1 aliphatic heterocycles. The molecule has 2 aliphatic rings. The number of nitrogens with one attached hydrogen (secondary N) is 3. The molecule has 2 heterocycles. The zero-order chi connectivity index (χ0) is 16.7. The highest BCUT2D eigenvalue weighted by Gasteiger charge is 2.33. The van der Waals surface area contributed by atoms with E-state index in [9.17, 15) is 4.79 Å². The van der Waals surface area contributed by atoms with Crippen LogP contribution in [0.3, 0.4) is 0 Å². The summed E-state index contributed by atoms with van der Waals surface area (Å²) in [5.41, 5.74) is 5.39. The number of rotatable bonds is 2. The second-order valence-electron chi connectivity index (χ2n) is 7.49. The van der Waals surface area contributed by atoms with Crippen molar-refractivity contribution >= 4 is 18.3 Å². The molecule has 1 aromatic heterocycles. The van der Waals surface area contributed by atoms with Crippen molar-refractivity contribution in [1.29, 1.82) is 0 Å². The topological polar surface area (TPSA) is 69.8 Å². The van der Waals surface area contributed by atoms with Crippen LogP contribution in [0, 0.1) is 0 Å². The molecule has 0 spiro atoms. The van der Waals surface area contributed by atoms with E-state index in [2.05, 4.69) is 58.9 Å². The third-order valence-electron chi connectivity index (χ3n) is 5.45. The molecule has 0 radical (unpaired) electrons. The zero-order valence-electron chi connectivity index (χ0n) is 14.7. The van der Waals surface area contributed by atoms with Gasteiger partial charge in [0.2, 0.25) is 0 Å². The van der Waals surface area contributed by atoms with Gasteiger partial charge in [0.25, 0.3) is 5.91 Å². The van der Waals surface area contributed by atoms with Crippen LogP contribution < -0.4 is 10.6 Å². The van der Waals surface area contributed by atoms with Gasteiger partial charge in [-0.1, -0.05) is 38.1 Å². The molecule has 134 valence electrons. The predicted molar refractivity (Wildman–Crippen MR) is 100 cm³/mol. The Labute approximate surface area is 154 Å². The van der Waals surface area contributed by atoms with E-state index in [0.717, 1.165) is 37.1 Å². The Bertz CT molecular complexity index is 783. The second-order valence-corrected chi connectivity index (χ2v) is 7.49. The van der Waals surface area contributed by atoms with E-state index in [4.69, 9.17) is 0 Å². The summed E-state index contributed by atoms with van der Waals surface area (Å²) in [6.07, 6.45) is 2.92. The van der Waals surface area contributed by atoms with Crippen LogP contribution >= 0.6 is 12.4 Å². The molecule has 6 heteroatoms. The van der Waals surface area contributed by atoms with E-state index in [-0.39, 0.29) is 29.8 Å². The van der Waals surface area contributed by atoms with E-state index in [0.29, 0.717) is 12.2 Å². The van der Waals surface area contributed by atoms with Crippen LogP contribution in [0.25, 0.3) is 0 Å². The number of nitrogens with zero attached hydrogens (tertiary/aromatic N) is 1. The van der Waals surface area contributed by atoms with Crippen LogP contribution in [0.5, 0.6) is 0 Å². The van der Waals surface area contributed by atoms with Crippen LogP contribution in [0.1, 0.15) is 65.6 Å². The van der Waals surface area contributed by atoms with E-state index >= 15 is 0 Å². The van der Waals surface area contributed by atoms with Gasteiger partial charge in [-0.25, -0.2) is 0 Å². The first-order valence-corrected chi connectivity index (χ1v) is 8.73. The average Bonchev–Trinajstić information content (AvgIpc) is 3.02. The number of benzene rings is 1.